The van der Waals surface area contributed by atoms with Crippen LogP contribution in [-0.2, 0) is 13.1 Å². The molecule has 1 aliphatic carbocycles. The lowest BCUT2D eigenvalue weighted by Gasteiger charge is -2.49. The minimum Gasteiger partial charge on any atom is -0.314 e. The van der Waals surface area contributed by atoms with E-state index in [0.29, 0.717) is 5.54 Å². The molecule has 20 heavy (non-hydrogen) atoms. The molecule has 6 heteroatoms. The number of hydrogen-bond acceptors (Lipinski definition) is 4. The van der Waals surface area contributed by atoms with Crippen LogP contribution in [-0.4, -0.2) is 44.8 Å². The van der Waals surface area contributed by atoms with Crippen molar-refractivity contribution in [3.05, 3.63) is 12.2 Å². The van der Waals surface area contributed by atoms with Gasteiger partial charge in [-0.15, -0.1) is 12.4 Å². The van der Waals surface area contributed by atoms with Crippen molar-refractivity contribution in [3.63, 3.8) is 0 Å². The average molecular weight is 300 g/mol. The van der Waals surface area contributed by atoms with Gasteiger partial charge in [0.15, 0.2) is 0 Å². The van der Waals surface area contributed by atoms with Crippen LogP contribution in [0, 0.1) is 0 Å². The molecule has 2 heterocycles. The lowest BCUT2D eigenvalue weighted by Crippen LogP contribution is -2.61. The highest BCUT2D eigenvalue weighted by Gasteiger charge is 2.39. The first-order valence-electron chi connectivity index (χ1n) is 7.66. The fourth-order valence-electron chi connectivity index (χ4n) is 3.68. The molecule has 114 valence electrons. The Kier molecular flexibility index (Phi) is 5.41. The molecule has 0 radical (unpaired) electrons. The lowest BCUT2D eigenvalue weighted by atomic mass is 9.79. The third-order valence-corrected chi connectivity index (χ3v) is 4.80. The predicted molar refractivity (Wildman–Crippen MR) is 82.0 cm³/mol. The molecule has 0 aromatic carbocycles. The third kappa shape index (κ3) is 3.00. The van der Waals surface area contributed by atoms with Crippen molar-refractivity contribution < 1.29 is 0 Å². The maximum Gasteiger partial charge on any atom is 0.141 e. The zero-order valence-electron chi connectivity index (χ0n) is 12.3. The van der Waals surface area contributed by atoms with E-state index in [1.54, 1.807) is 6.33 Å². The van der Waals surface area contributed by atoms with E-state index in [0.717, 1.165) is 38.5 Å². The molecule has 1 aliphatic heterocycles. The van der Waals surface area contributed by atoms with E-state index in [-0.39, 0.29) is 12.4 Å². The number of hydrogen-bond donors (Lipinski definition) is 1. The smallest absolute Gasteiger partial charge is 0.141 e. The van der Waals surface area contributed by atoms with Crippen molar-refractivity contribution in [2.45, 2.75) is 57.7 Å². The molecule has 3 rings (SSSR count). The van der Waals surface area contributed by atoms with Crippen LogP contribution in [0.2, 0.25) is 0 Å². The molecular weight excluding hydrogens is 274 g/mol. The molecule has 2 aliphatic rings. The number of halogens is 1. The van der Waals surface area contributed by atoms with Gasteiger partial charge in [0, 0.05) is 31.7 Å². The van der Waals surface area contributed by atoms with E-state index in [2.05, 4.69) is 27.2 Å². The quantitative estimate of drug-likeness (QED) is 0.925. The van der Waals surface area contributed by atoms with E-state index in [4.69, 9.17) is 0 Å². The van der Waals surface area contributed by atoms with Gasteiger partial charge >= 0.3 is 0 Å². The summed E-state index contributed by atoms with van der Waals surface area (Å²) in [5.74, 6) is 1.12. The van der Waals surface area contributed by atoms with Crippen molar-refractivity contribution in [1.82, 2.24) is 25.0 Å². The molecule has 1 N–H and O–H groups in total. The van der Waals surface area contributed by atoms with E-state index >= 15 is 0 Å². The van der Waals surface area contributed by atoms with Crippen LogP contribution in [0.1, 0.15) is 44.9 Å². The second kappa shape index (κ2) is 6.87. The normalized spacial score (nSPS) is 22.6. The molecule has 1 saturated carbocycles. The van der Waals surface area contributed by atoms with Crippen LogP contribution in [0.3, 0.4) is 0 Å². The van der Waals surface area contributed by atoms with Crippen molar-refractivity contribution in [2.24, 2.45) is 0 Å². The number of aromatic nitrogens is 3. The fraction of sp³-hybridized carbons (Fsp3) is 0.857. The minimum atomic E-state index is 0. The molecule has 2 fully saturated rings. The van der Waals surface area contributed by atoms with E-state index in [1.165, 1.54) is 32.1 Å². The molecule has 0 amide bonds. The van der Waals surface area contributed by atoms with Gasteiger partial charge in [0.1, 0.15) is 12.2 Å². The summed E-state index contributed by atoms with van der Waals surface area (Å²) in [4.78, 5) is 7.11. The maximum atomic E-state index is 4.45. The van der Waals surface area contributed by atoms with E-state index in [9.17, 15) is 0 Å². The van der Waals surface area contributed by atoms with Crippen LogP contribution >= 0.6 is 12.4 Å². The van der Waals surface area contributed by atoms with Crippen molar-refractivity contribution >= 4 is 12.4 Å². The zero-order chi connectivity index (χ0) is 13.1. The molecule has 1 aromatic heterocycles. The Labute approximate surface area is 127 Å². The van der Waals surface area contributed by atoms with Crippen LogP contribution < -0.4 is 5.32 Å². The Balaban J connectivity index is 0.00000147. The van der Waals surface area contributed by atoms with Gasteiger partial charge < -0.3 is 5.32 Å². The summed E-state index contributed by atoms with van der Waals surface area (Å²) in [5.41, 5.74) is 0.376. The molecule has 0 bridgehead atoms. The van der Waals surface area contributed by atoms with Crippen LogP contribution in [0.25, 0.3) is 0 Å². The highest BCUT2D eigenvalue weighted by molar-refractivity contribution is 5.85. The highest BCUT2D eigenvalue weighted by Crippen LogP contribution is 2.35. The zero-order valence-corrected chi connectivity index (χ0v) is 13.2. The Morgan fingerprint density at radius 1 is 1.30 bits per heavy atom. The summed E-state index contributed by atoms with van der Waals surface area (Å²) in [7, 11) is 0. The van der Waals surface area contributed by atoms with Crippen molar-refractivity contribution in [2.75, 3.05) is 19.6 Å². The molecule has 1 aromatic rings. The topological polar surface area (TPSA) is 46.0 Å². The largest absolute Gasteiger partial charge is 0.314 e. The monoisotopic (exact) mass is 299 g/mol. The number of nitrogens with one attached hydrogen (secondary N) is 1. The number of piperazine rings is 1. The summed E-state index contributed by atoms with van der Waals surface area (Å²) < 4.78 is 2.03. The third-order valence-electron chi connectivity index (χ3n) is 4.80. The van der Waals surface area contributed by atoms with Gasteiger partial charge in [0.25, 0.3) is 0 Å². The van der Waals surface area contributed by atoms with Crippen LogP contribution in [0.4, 0.5) is 0 Å². The molecular formula is C14H26ClN5. The maximum absolute atomic E-state index is 4.45. The number of rotatable bonds is 3. The molecule has 1 saturated heterocycles. The summed E-state index contributed by atoms with van der Waals surface area (Å²) in [6, 6.07) is 0. The Morgan fingerprint density at radius 2 is 2.10 bits per heavy atom. The summed E-state index contributed by atoms with van der Waals surface area (Å²) in [5, 5.41) is 7.90. The first-order valence-corrected chi connectivity index (χ1v) is 7.66. The van der Waals surface area contributed by atoms with Crippen LogP contribution in [0.15, 0.2) is 6.33 Å². The fourth-order valence-corrected chi connectivity index (χ4v) is 3.68. The van der Waals surface area contributed by atoms with Gasteiger partial charge in [-0.25, -0.2) is 9.67 Å². The SMILES string of the molecule is CCn1ncnc1CN1CCNCC12CCCCC2.Cl. The molecule has 0 unspecified atom stereocenters. The second-order valence-corrected chi connectivity index (χ2v) is 5.88. The Hall–Kier alpha value is -0.650. The van der Waals surface area contributed by atoms with Gasteiger partial charge in [-0.05, 0) is 19.8 Å². The minimum absolute atomic E-state index is 0. The van der Waals surface area contributed by atoms with Gasteiger partial charge in [-0.3, -0.25) is 4.90 Å². The lowest BCUT2D eigenvalue weighted by molar-refractivity contribution is 0.0179. The highest BCUT2D eigenvalue weighted by atomic mass is 35.5. The molecule has 0 atom stereocenters. The average Bonchev–Trinajstić information content (AvgIpc) is 2.90. The summed E-state index contributed by atoms with van der Waals surface area (Å²) in [6.45, 7) is 7.38. The van der Waals surface area contributed by atoms with E-state index < -0.39 is 0 Å². The van der Waals surface area contributed by atoms with E-state index in [1.807, 2.05) is 4.68 Å². The van der Waals surface area contributed by atoms with Gasteiger partial charge in [0.2, 0.25) is 0 Å². The van der Waals surface area contributed by atoms with Gasteiger partial charge in [-0.1, -0.05) is 19.3 Å². The number of nitrogens with zero attached hydrogens (tertiary/aromatic N) is 4. The van der Waals surface area contributed by atoms with Gasteiger partial charge in [-0.2, -0.15) is 5.10 Å². The standard InChI is InChI=1S/C14H25N5.ClH/c1-2-19-13(16-12-17-19)10-18-9-8-15-11-14(18)6-4-3-5-7-14;/h12,15H,2-11H2,1H3;1H. The van der Waals surface area contributed by atoms with Gasteiger partial charge in [0.05, 0.1) is 6.54 Å². The Bertz CT molecular complexity index is 405. The first-order chi connectivity index (χ1) is 9.34. The summed E-state index contributed by atoms with van der Waals surface area (Å²) >= 11 is 0. The predicted octanol–water partition coefficient (Wildman–Crippen LogP) is 1.83. The number of aryl methyl sites for hydroxylation is 1. The van der Waals surface area contributed by atoms with Crippen molar-refractivity contribution in [1.29, 1.82) is 0 Å². The molecule has 1 spiro atoms. The van der Waals surface area contributed by atoms with Crippen molar-refractivity contribution in [3.8, 4) is 0 Å². The molecule has 5 nitrogen and oxygen atoms in total. The second-order valence-electron chi connectivity index (χ2n) is 5.88. The first kappa shape index (κ1) is 15.7. The summed E-state index contributed by atoms with van der Waals surface area (Å²) in [6.07, 6.45) is 8.51. The Morgan fingerprint density at radius 3 is 2.85 bits per heavy atom. The van der Waals surface area contributed by atoms with Crippen LogP contribution in [0.5, 0.6) is 0 Å².